The summed E-state index contributed by atoms with van der Waals surface area (Å²) in [5.41, 5.74) is 3.51. The maximum atomic E-state index is 5.45. The SMILES string of the molecule is COc1ccc(NC(=S)N(C)Cc2ccccc2C)cc1. The Labute approximate surface area is 131 Å². The van der Waals surface area contributed by atoms with E-state index >= 15 is 0 Å². The number of aryl methyl sites for hydroxylation is 1. The molecule has 2 aromatic rings. The van der Waals surface area contributed by atoms with Crippen LogP contribution >= 0.6 is 12.2 Å². The molecule has 2 aromatic carbocycles. The molecule has 0 atom stereocenters. The van der Waals surface area contributed by atoms with E-state index in [0.29, 0.717) is 5.11 Å². The second-order valence-corrected chi connectivity index (χ2v) is 5.33. The van der Waals surface area contributed by atoms with Crippen LogP contribution in [0.3, 0.4) is 0 Å². The van der Waals surface area contributed by atoms with Crippen LogP contribution in [-0.2, 0) is 6.54 Å². The van der Waals surface area contributed by atoms with Gasteiger partial charge in [-0.2, -0.15) is 0 Å². The van der Waals surface area contributed by atoms with Gasteiger partial charge in [-0.3, -0.25) is 0 Å². The van der Waals surface area contributed by atoms with E-state index in [4.69, 9.17) is 17.0 Å². The van der Waals surface area contributed by atoms with E-state index in [1.165, 1.54) is 11.1 Å². The van der Waals surface area contributed by atoms with Gasteiger partial charge in [0.25, 0.3) is 0 Å². The fourth-order valence-corrected chi connectivity index (χ4v) is 2.19. The molecule has 0 saturated carbocycles. The summed E-state index contributed by atoms with van der Waals surface area (Å²) in [5.74, 6) is 0.833. The van der Waals surface area contributed by atoms with Crippen LogP contribution in [-0.4, -0.2) is 24.2 Å². The fraction of sp³-hybridized carbons (Fsp3) is 0.235. The average molecular weight is 300 g/mol. The molecule has 0 heterocycles. The molecule has 0 spiro atoms. The Bertz CT molecular complexity index is 610. The fourth-order valence-electron chi connectivity index (χ4n) is 2.01. The minimum atomic E-state index is 0.698. The molecular formula is C17H20N2OS. The van der Waals surface area contributed by atoms with Gasteiger partial charge in [-0.15, -0.1) is 0 Å². The van der Waals surface area contributed by atoms with Gasteiger partial charge in [-0.05, 0) is 54.5 Å². The van der Waals surface area contributed by atoms with Gasteiger partial charge in [-0.1, -0.05) is 24.3 Å². The number of hydrogen-bond donors (Lipinski definition) is 1. The second kappa shape index (κ2) is 7.09. The Morgan fingerprint density at radius 1 is 1.14 bits per heavy atom. The number of benzene rings is 2. The van der Waals surface area contributed by atoms with Crippen molar-refractivity contribution in [2.45, 2.75) is 13.5 Å². The van der Waals surface area contributed by atoms with Gasteiger partial charge < -0.3 is 15.0 Å². The van der Waals surface area contributed by atoms with Crippen LogP contribution in [0.15, 0.2) is 48.5 Å². The normalized spacial score (nSPS) is 10.0. The molecule has 3 nitrogen and oxygen atoms in total. The van der Waals surface area contributed by atoms with Gasteiger partial charge in [0.05, 0.1) is 7.11 Å². The van der Waals surface area contributed by atoms with Crippen molar-refractivity contribution in [3.8, 4) is 5.75 Å². The van der Waals surface area contributed by atoms with Gasteiger partial charge in [0.2, 0.25) is 0 Å². The first-order valence-electron chi connectivity index (χ1n) is 6.81. The number of hydrogen-bond acceptors (Lipinski definition) is 2. The number of ether oxygens (including phenoxy) is 1. The van der Waals surface area contributed by atoms with E-state index in [0.717, 1.165) is 18.0 Å². The predicted octanol–water partition coefficient (Wildman–Crippen LogP) is 3.83. The molecule has 0 aliphatic heterocycles. The van der Waals surface area contributed by atoms with Crippen LogP contribution in [0, 0.1) is 6.92 Å². The molecule has 0 amide bonds. The van der Waals surface area contributed by atoms with Gasteiger partial charge in [0, 0.05) is 19.3 Å². The van der Waals surface area contributed by atoms with Crippen molar-refractivity contribution in [2.24, 2.45) is 0 Å². The summed E-state index contributed by atoms with van der Waals surface area (Å²) in [6.45, 7) is 2.90. The molecular weight excluding hydrogens is 280 g/mol. The summed E-state index contributed by atoms with van der Waals surface area (Å²) in [6, 6.07) is 16.1. The zero-order valence-electron chi connectivity index (χ0n) is 12.6. The van der Waals surface area contributed by atoms with Crippen molar-refractivity contribution in [1.82, 2.24) is 4.90 Å². The summed E-state index contributed by atoms with van der Waals surface area (Å²) in [5, 5.41) is 3.93. The molecule has 1 N–H and O–H groups in total. The molecule has 0 bridgehead atoms. The Morgan fingerprint density at radius 2 is 1.81 bits per heavy atom. The minimum absolute atomic E-state index is 0.698. The molecule has 0 aliphatic rings. The van der Waals surface area contributed by atoms with E-state index in [1.54, 1.807) is 7.11 Å². The molecule has 0 aromatic heterocycles. The molecule has 21 heavy (non-hydrogen) atoms. The zero-order chi connectivity index (χ0) is 15.2. The van der Waals surface area contributed by atoms with Gasteiger partial charge in [-0.25, -0.2) is 0 Å². The van der Waals surface area contributed by atoms with Crippen molar-refractivity contribution < 1.29 is 4.74 Å². The molecule has 0 saturated heterocycles. The van der Waals surface area contributed by atoms with E-state index in [2.05, 4.69) is 30.4 Å². The molecule has 0 radical (unpaired) electrons. The Kier molecular flexibility index (Phi) is 5.17. The highest BCUT2D eigenvalue weighted by molar-refractivity contribution is 7.80. The molecule has 2 rings (SSSR count). The highest BCUT2D eigenvalue weighted by Crippen LogP contribution is 2.16. The number of nitrogens with one attached hydrogen (secondary N) is 1. The number of rotatable bonds is 4. The molecule has 0 aliphatic carbocycles. The molecule has 0 unspecified atom stereocenters. The third-order valence-corrected chi connectivity index (χ3v) is 3.77. The van der Waals surface area contributed by atoms with E-state index in [-0.39, 0.29) is 0 Å². The lowest BCUT2D eigenvalue weighted by atomic mass is 10.1. The standard InChI is InChI=1S/C17H20N2OS/c1-13-6-4-5-7-14(13)12-19(2)17(21)18-15-8-10-16(20-3)11-9-15/h4-11H,12H2,1-3H3,(H,18,21). The highest BCUT2D eigenvalue weighted by atomic mass is 32.1. The van der Waals surface area contributed by atoms with Crippen LogP contribution in [0.4, 0.5) is 5.69 Å². The maximum absolute atomic E-state index is 5.45. The number of thiocarbonyl (C=S) groups is 1. The Morgan fingerprint density at radius 3 is 2.43 bits per heavy atom. The van der Waals surface area contributed by atoms with Crippen LogP contribution in [0.25, 0.3) is 0 Å². The van der Waals surface area contributed by atoms with Gasteiger partial charge in [0.1, 0.15) is 5.75 Å². The average Bonchev–Trinajstić information content (AvgIpc) is 2.50. The van der Waals surface area contributed by atoms with Crippen molar-refractivity contribution in [3.63, 3.8) is 0 Å². The number of anilines is 1. The largest absolute Gasteiger partial charge is 0.497 e. The Hall–Kier alpha value is -2.07. The van der Waals surface area contributed by atoms with Crippen LogP contribution in [0.1, 0.15) is 11.1 Å². The van der Waals surface area contributed by atoms with E-state index in [1.807, 2.05) is 42.3 Å². The second-order valence-electron chi connectivity index (χ2n) is 4.94. The van der Waals surface area contributed by atoms with Crippen molar-refractivity contribution in [1.29, 1.82) is 0 Å². The quantitative estimate of drug-likeness (QED) is 0.867. The van der Waals surface area contributed by atoms with E-state index < -0.39 is 0 Å². The first-order valence-corrected chi connectivity index (χ1v) is 7.21. The van der Waals surface area contributed by atoms with Crippen LogP contribution in [0.2, 0.25) is 0 Å². The topological polar surface area (TPSA) is 24.5 Å². The third-order valence-electron chi connectivity index (χ3n) is 3.36. The molecule has 0 fully saturated rings. The van der Waals surface area contributed by atoms with Crippen molar-refractivity contribution in [3.05, 3.63) is 59.7 Å². The smallest absolute Gasteiger partial charge is 0.173 e. The lowest BCUT2D eigenvalue weighted by Gasteiger charge is -2.22. The number of nitrogens with zero attached hydrogens (tertiary/aromatic N) is 1. The summed E-state index contributed by atoms with van der Waals surface area (Å²) in [4.78, 5) is 2.03. The molecule has 4 heteroatoms. The third kappa shape index (κ3) is 4.20. The lowest BCUT2D eigenvalue weighted by molar-refractivity contribution is 0.415. The minimum Gasteiger partial charge on any atom is -0.497 e. The Balaban J connectivity index is 1.97. The summed E-state index contributed by atoms with van der Waals surface area (Å²) >= 11 is 5.45. The van der Waals surface area contributed by atoms with Gasteiger partial charge in [0.15, 0.2) is 5.11 Å². The van der Waals surface area contributed by atoms with Crippen LogP contribution in [0.5, 0.6) is 5.75 Å². The lowest BCUT2D eigenvalue weighted by Crippen LogP contribution is -2.30. The summed E-state index contributed by atoms with van der Waals surface area (Å²) in [7, 11) is 3.65. The van der Waals surface area contributed by atoms with Crippen molar-refractivity contribution >= 4 is 23.0 Å². The molecule has 110 valence electrons. The van der Waals surface area contributed by atoms with Crippen molar-refractivity contribution in [2.75, 3.05) is 19.5 Å². The summed E-state index contributed by atoms with van der Waals surface area (Å²) in [6.07, 6.45) is 0. The summed E-state index contributed by atoms with van der Waals surface area (Å²) < 4.78 is 5.14. The zero-order valence-corrected chi connectivity index (χ0v) is 13.4. The first-order chi connectivity index (χ1) is 10.1. The number of methoxy groups -OCH3 is 1. The van der Waals surface area contributed by atoms with Crippen LogP contribution < -0.4 is 10.1 Å². The first kappa shape index (κ1) is 15.3. The predicted molar refractivity (Wildman–Crippen MR) is 91.9 cm³/mol. The monoisotopic (exact) mass is 300 g/mol. The van der Waals surface area contributed by atoms with E-state index in [9.17, 15) is 0 Å². The maximum Gasteiger partial charge on any atom is 0.173 e. The highest BCUT2D eigenvalue weighted by Gasteiger charge is 2.07. The van der Waals surface area contributed by atoms with Gasteiger partial charge >= 0.3 is 0 Å².